The molecular formula is C20H29N5. The Bertz CT molecular complexity index is 706. The molecule has 1 saturated heterocycles. The largest absolute Gasteiger partial charge is 0.312 e. The maximum atomic E-state index is 4.44. The van der Waals surface area contributed by atoms with Crippen molar-refractivity contribution in [1.82, 2.24) is 25.0 Å². The molecule has 5 heteroatoms. The van der Waals surface area contributed by atoms with Gasteiger partial charge in [0.15, 0.2) is 0 Å². The van der Waals surface area contributed by atoms with Crippen LogP contribution >= 0.6 is 0 Å². The van der Waals surface area contributed by atoms with Gasteiger partial charge in [-0.1, -0.05) is 6.07 Å². The van der Waals surface area contributed by atoms with Gasteiger partial charge in [-0.15, -0.1) is 0 Å². The first-order chi connectivity index (χ1) is 12.2. The topological polar surface area (TPSA) is 46.0 Å². The van der Waals surface area contributed by atoms with Crippen molar-refractivity contribution in [2.24, 2.45) is 13.0 Å². The summed E-state index contributed by atoms with van der Waals surface area (Å²) >= 11 is 0. The normalized spacial score (nSPS) is 24.6. The number of hydrogen-bond donors (Lipinski definition) is 1. The highest BCUT2D eigenvalue weighted by atomic mass is 15.3. The smallest absolute Gasteiger partial charge is 0.0560 e. The highest BCUT2D eigenvalue weighted by Gasteiger charge is 2.41. The Hall–Kier alpha value is -1.72. The van der Waals surface area contributed by atoms with Gasteiger partial charge in [-0.2, -0.15) is 5.10 Å². The molecule has 134 valence electrons. The maximum absolute atomic E-state index is 4.44. The minimum Gasteiger partial charge on any atom is -0.312 e. The zero-order valence-electron chi connectivity index (χ0n) is 15.4. The molecule has 3 heterocycles. The van der Waals surface area contributed by atoms with Crippen molar-refractivity contribution in [2.75, 3.05) is 13.1 Å². The molecule has 2 aliphatic rings. The van der Waals surface area contributed by atoms with Crippen molar-refractivity contribution in [3.05, 3.63) is 47.5 Å². The van der Waals surface area contributed by atoms with Crippen molar-refractivity contribution >= 4 is 0 Å². The van der Waals surface area contributed by atoms with Gasteiger partial charge in [0.1, 0.15) is 0 Å². The molecular weight excluding hydrogens is 310 g/mol. The van der Waals surface area contributed by atoms with Gasteiger partial charge < -0.3 is 5.32 Å². The van der Waals surface area contributed by atoms with Crippen LogP contribution in [0, 0.1) is 12.8 Å². The second kappa shape index (κ2) is 7.26. The molecule has 4 rings (SSSR count). The molecule has 0 amide bonds. The first-order valence-corrected chi connectivity index (χ1v) is 9.59. The van der Waals surface area contributed by atoms with E-state index in [1.165, 1.54) is 43.5 Å². The van der Waals surface area contributed by atoms with Crippen molar-refractivity contribution in [3.8, 4) is 0 Å². The van der Waals surface area contributed by atoms with Crippen LogP contribution in [-0.2, 0) is 13.6 Å². The highest BCUT2D eigenvalue weighted by molar-refractivity contribution is 5.18. The fourth-order valence-corrected chi connectivity index (χ4v) is 4.32. The van der Waals surface area contributed by atoms with Gasteiger partial charge >= 0.3 is 0 Å². The van der Waals surface area contributed by atoms with Gasteiger partial charge in [-0.3, -0.25) is 14.6 Å². The zero-order chi connectivity index (χ0) is 17.2. The molecule has 2 fully saturated rings. The molecule has 5 nitrogen and oxygen atoms in total. The molecule has 1 saturated carbocycles. The van der Waals surface area contributed by atoms with Gasteiger partial charge in [-0.25, -0.2) is 0 Å². The minimum atomic E-state index is 0.497. The third-order valence-electron chi connectivity index (χ3n) is 5.81. The van der Waals surface area contributed by atoms with Crippen molar-refractivity contribution < 1.29 is 0 Å². The number of nitrogens with zero attached hydrogens (tertiary/aromatic N) is 4. The first-order valence-electron chi connectivity index (χ1n) is 9.59. The fourth-order valence-electron chi connectivity index (χ4n) is 4.32. The lowest BCUT2D eigenvalue weighted by Crippen LogP contribution is -2.44. The van der Waals surface area contributed by atoms with Crippen molar-refractivity contribution in [2.45, 2.75) is 51.2 Å². The Morgan fingerprint density at radius 2 is 2.08 bits per heavy atom. The molecule has 1 aliphatic heterocycles. The SMILES string of the molecule is Cc1ncccc1CNC[C@@H]1CCCN(C2CC2)[C@H]1c1ccnn1C. The Morgan fingerprint density at radius 3 is 2.80 bits per heavy atom. The molecule has 2 atom stereocenters. The standard InChI is InChI=1S/C20H29N5/c1-15-16(5-3-10-22-15)13-21-14-17-6-4-12-25(18-7-8-18)20(17)19-9-11-23-24(19)2/h3,5,9-11,17-18,20-21H,4,6-8,12-14H2,1-2H3/t17-,20+/m0/s1. The number of aromatic nitrogens is 3. The van der Waals surface area contributed by atoms with Crippen LogP contribution in [0.4, 0.5) is 0 Å². The summed E-state index contributed by atoms with van der Waals surface area (Å²) in [6.45, 7) is 5.27. The van der Waals surface area contributed by atoms with E-state index in [0.717, 1.165) is 24.8 Å². The van der Waals surface area contributed by atoms with Gasteiger partial charge in [0.25, 0.3) is 0 Å². The summed E-state index contributed by atoms with van der Waals surface area (Å²) in [5.74, 6) is 0.640. The maximum Gasteiger partial charge on any atom is 0.0560 e. The van der Waals surface area contributed by atoms with Crippen LogP contribution in [-0.4, -0.2) is 38.8 Å². The average molecular weight is 339 g/mol. The molecule has 1 aliphatic carbocycles. The van der Waals surface area contributed by atoms with Crippen LogP contribution in [0.5, 0.6) is 0 Å². The molecule has 1 N–H and O–H groups in total. The van der Waals surface area contributed by atoms with E-state index in [1.807, 2.05) is 18.5 Å². The van der Waals surface area contributed by atoms with Crippen molar-refractivity contribution in [1.29, 1.82) is 0 Å². The van der Waals surface area contributed by atoms with Gasteiger partial charge in [0, 0.05) is 44.3 Å². The highest BCUT2D eigenvalue weighted by Crippen LogP contribution is 2.42. The summed E-state index contributed by atoms with van der Waals surface area (Å²) in [5.41, 5.74) is 3.80. The van der Waals surface area contributed by atoms with E-state index in [2.05, 4.69) is 51.1 Å². The average Bonchev–Trinajstić information content (AvgIpc) is 3.38. The number of nitrogens with one attached hydrogen (secondary N) is 1. The summed E-state index contributed by atoms with van der Waals surface area (Å²) in [7, 11) is 2.08. The molecule has 0 spiro atoms. The van der Waals surface area contributed by atoms with E-state index in [-0.39, 0.29) is 0 Å². The fraction of sp³-hybridized carbons (Fsp3) is 0.600. The summed E-state index contributed by atoms with van der Waals surface area (Å²) < 4.78 is 2.07. The zero-order valence-corrected chi connectivity index (χ0v) is 15.4. The number of piperidine rings is 1. The van der Waals surface area contributed by atoms with Crippen molar-refractivity contribution in [3.63, 3.8) is 0 Å². The minimum absolute atomic E-state index is 0.497. The number of aryl methyl sites for hydroxylation is 2. The Morgan fingerprint density at radius 1 is 1.20 bits per heavy atom. The summed E-state index contributed by atoms with van der Waals surface area (Å²) in [4.78, 5) is 7.15. The molecule has 2 aromatic heterocycles. The Kier molecular flexibility index (Phi) is 4.86. The number of hydrogen-bond acceptors (Lipinski definition) is 4. The Labute approximate surface area is 150 Å². The second-order valence-electron chi connectivity index (χ2n) is 7.57. The van der Waals surface area contributed by atoms with Crippen LogP contribution in [0.3, 0.4) is 0 Å². The van der Waals surface area contributed by atoms with E-state index in [9.17, 15) is 0 Å². The van der Waals surface area contributed by atoms with Crippen LogP contribution < -0.4 is 5.32 Å². The lowest BCUT2D eigenvalue weighted by atomic mass is 9.86. The van der Waals surface area contributed by atoms with Crippen LogP contribution in [0.2, 0.25) is 0 Å². The molecule has 25 heavy (non-hydrogen) atoms. The van der Waals surface area contributed by atoms with E-state index >= 15 is 0 Å². The first kappa shape index (κ1) is 16.7. The molecule has 0 radical (unpaired) electrons. The lowest BCUT2D eigenvalue weighted by Gasteiger charge is -2.42. The van der Waals surface area contributed by atoms with Gasteiger partial charge in [0.2, 0.25) is 0 Å². The van der Waals surface area contributed by atoms with Crippen LogP contribution in [0.15, 0.2) is 30.6 Å². The monoisotopic (exact) mass is 339 g/mol. The van der Waals surface area contributed by atoms with Gasteiger partial charge in [0.05, 0.1) is 11.7 Å². The van der Waals surface area contributed by atoms with Crippen LogP contribution in [0.1, 0.15) is 48.7 Å². The third kappa shape index (κ3) is 3.62. The van der Waals surface area contributed by atoms with E-state index in [1.54, 1.807) is 0 Å². The molecule has 2 aromatic rings. The van der Waals surface area contributed by atoms with E-state index in [4.69, 9.17) is 0 Å². The summed E-state index contributed by atoms with van der Waals surface area (Å²) in [6, 6.07) is 7.70. The quantitative estimate of drug-likeness (QED) is 0.879. The van der Waals surface area contributed by atoms with E-state index in [0.29, 0.717) is 12.0 Å². The third-order valence-corrected chi connectivity index (χ3v) is 5.81. The number of pyridine rings is 1. The summed E-state index contributed by atoms with van der Waals surface area (Å²) in [5, 5.41) is 8.15. The van der Waals surface area contributed by atoms with Gasteiger partial charge in [-0.05, 0) is 62.8 Å². The molecule has 0 aromatic carbocycles. The lowest BCUT2D eigenvalue weighted by molar-refractivity contribution is 0.0777. The second-order valence-corrected chi connectivity index (χ2v) is 7.57. The van der Waals surface area contributed by atoms with Crippen LogP contribution in [0.25, 0.3) is 0 Å². The predicted octanol–water partition coefficient (Wildman–Crippen LogP) is 2.83. The number of likely N-dealkylation sites (tertiary alicyclic amines) is 1. The predicted molar refractivity (Wildman–Crippen MR) is 99.1 cm³/mol. The van der Waals surface area contributed by atoms with E-state index < -0.39 is 0 Å². The Balaban J connectivity index is 1.46. The molecule has 0 unspecified atom stereocenters. The number of rotatable bonds is 6. The molecule has 0 bridgehead atoms. The summed E-state index contributed by atoms with van der Waals surface area (Å²) in [6.07, 6.45) is 9.14.